The summed E-state index contributed by atoms with van der Waals surface area (Å²) in [4.78, 5) is 4.39. The molecule has 0 fully saturated rings. The van der Waals surface area contributed by atoms with Crippen molar-refractivity contribution in [2.24, 2.45) is 4.99 Å². The van der Waals surface area contributed by atoms with Gasteiger partial charge in [-0.2, -0.15) is 0 Å². The summed E-state index contributed by atoms with van der Waals surface area (Å²) in [7, 11) is -2.18. The maximum absolute atomic E-state index is 13.9. The van der Waals surface area contributed by atoms with E-state index in [2.05, 4.69) is 15.0 Å². The summed E-state index contributed by atoms with van der Waals surface area (Å²) in [5.41, 5.74) is 2.66. The summed E-state index contributed by atoms with van der Waals surface area (Å²) >= 11 is 0. The molecule has 1 aliphatic heterocycles. The van der Waals surface area contributed by atoms with E-state index < -0.39 is 10.0 Å². The van der Waals surface area contributed by atoms with Crippen LogP contribution in [0.1, 0.15) is 16.7 Å². The van der Waals surface area contributed by atoms with Crippen LogP contribution in [-0.2, 0) is 23.0 Å². The number of rotatable bonds is 5. The van der Waals surface area contributed by atoms with Crippen molar-refractivity contribution in [2.75, 3.05) is 12.4 Å². The maximum Gasteiger partial charge on any atom is 0.266 e. The normalized spacial score (nSPS) is 15.7. The van der Waals surface area contributed by atoms with Crippen LogP contribution in [0.3, 0.4) is 0 Å². The van der Waals surface area contributed by atoms with Gasteiger partial charge in [0.15, 0.2) is 0 Å². The van der Waals surface area contributed by atoms with Crippen LogP contribution in [0.4, 0.5) is 10.1 Å². The Morgan fingerprint density at radius 2 is 1.70 bits per heavy atom. The number of para-hydroxylation sites is 1. The molecule has 154 valence electrons. The first-order chi connectivity index (χ1) is 14.5. The number of guanidine groups is 1. The fourth-order valence-corrected chi connectivity index (χ4v) is 4.43. The number of ether oxygens (including phenoxy) is 1. The Hall–Kier alpha value is -3.39. The molecule has 0 atom stereocenters. The summed E-state index contributed by atoms with van der Waals surface area (Å²) in [5.74, 6) is 0.426. The summed E-state index contributed by atoms with van der Waals surface area (Å²) in [6.45, 7) is 0.00745. The minimum Gasteiger partial charge on any atom is -0.497 e. The number of nitrogens with one attached hydrogen (secondary N) is 2. The second kappa shape index (κ2) is 8.16. The number of aliphatic imine (C=N–C) groups is 1. The first-order valence-electron chi connectivity index (χ1n) is 9.29. The minimum atomic E-state index is -3.79. The summed E-state index contributed by atoms with van der Waals surface area (Å²) in [6.07, 6.45) is 0.524. The third-order valence-electron chi connectivity index (χ3n) is 4.80. The fraction of sp³-hybridized carbons (Fsp3) is 0.136. The van der Waals surface area contributed by atoms with Crippen LogP contribution >= 0.6 is 0 Å². The van der Waals surface area contributed by atoms with Gasteiger partial charge in [-0.25, -0.2) is 22.5 Å². The Morgan fingerprint density at radius 3 is 2.43 bits per heavy atom. The molecule has 0 unspecified atom stereocenters. The lowest BCUT2D eigenvalue weighted by Gasteiger charge is -2.24. The highest BCUT2D eigenvalue weighted by Gasteiger charge is 2.28. The summed E-state index contributed by atoms with van der Waals surface area (Å²) in [6, 6.07) is 18.9. The number of hydrogen-bond acceptors (Lipinski definition) is 4. The van der Waals surface area contributed by atoms with Crippen LogP contribution in [-0.4, -0.2) is 21.5 Å². The van der Waals surface area contributed by atoms with Gasteiger partial charge in [0.1, 0.15) is 16.5 Å². The number of anilines is 1. The van der Waals surface area contributed by atoms with Crippen molar-refractivity contribution in [3.05, 3.63) is 89.2 Å². The lowest BCUT2D eigenvalue weighted by Crippen LogP contribution is -2.41. The Morgan fingerprint density at radius 1 is 0.967 bits per heavy atom. The molecule has 0 aromatic heterocycles. The van der Waals surface area contributed by atoms with Gasteiger partial charge in [-0.3, -0.25) is 0 Å². The molecule has 1 heterocycles. The number of halogens is 1. The van der Waals surface area contributed by atoms with Gasteiger partial charge in [0, 0.05) is 5.56 Å². The number of hydrogen-bond donors (Lipinski definition) is 2. The number of methoxy groups -OCH3 is 1. The minimum absolute atomic E-state index is 0.00745. The quantitative estimate of drug-likeness (QED) is 0.654. The number of fused-ring (bicyclic) bond motifs is 1. The molecule has 6 nitrogen and oxygen atoms in total. The molecule has 8 heteroatoms. The van der Waals surface area contributed by atoms with Crippen LogP contribution in [0, 0.1) is 5.82 Å². The monoisotopic (exact) mass is 425 g/mol. The SMILES string of the molecule is COc1ccc(Cc2cccc3c2NC(=NCc2ccccc2F)NS3(=O)=O)cc1. The highest BCUT2D eigenvalue weighted by molar-refractivity contribution is 7.90. The predicted octanol–water partition coefficient (Wildman–Crippen LogP) is 3.69. The Labute approximate surface area is 174 Å². The van der Waals surface area contributed by atoms with Gasteiger partial charge in [-0.1, -0.05) is 42.5 Å². The van der Waals surface area contributed by atoms with Crippen molar-refractivity contribution in [1.29, 1.82) is 0 Å². The maximum atomic E-state index is 13.9. The molecular formula is C22H20FN3O3S. The summed E-state index contributed by atoms with van der Waals surface area (Å²) in [5, 5.41) is 3.07. The van der Waals surface area contributed by atoms with Gasteiger partial charge in [-0.05, 0) is 41.8 Å². The van der Waals surface area contributed by atoms with Gasteiger partial charge in [0.05, 0.1) is 19.3 Å². The first-order valence-corrected chi connectivity index (χ1v) is 10.8. The van der Waals surface area contributed by atoms with Crippen LogP contribution in [0.2, 0.25) is 0 Å². The molecule has 0 amide bonds. The van der Waals surface area contributed by atoms with E-state index >= 15 is 0 Å². The number of sulfonamides is 1. The van der Waals surface area contributed by atoms with Gasteiger partial charge in [0.25, 0.3) is 10.0 Å². The molecule has 0 saturated heterocycles. The lowest BCUT2D eigenvalue weighted by molar-refractivity contribution is 0.414. The van der Waals surface area contributed by atoms with Crippen LogP contribution in [0.25, 0.3) is 0 Å². The molecule has 0 saturated carbocycles. The molecule has 0 spiro atoms. The molecule has 0 aliphatic carbocycles. The topological polar surface area (TPSA) is 79.8 Å². The number of nitrogens with zero attached hydrogens (tertiary/aromatic N) is 1. The van der Waals surface area contributed by atoms with E-state index in [1.807, 2.05) is 30.3 Å². The number of benzene rings is 3. The fourth-order valence-electron chi connectivity index (χ4n) is 3.24. The zero-order valence-electron chi connectivity index (χ0n) is 16.2. The van der Waals surface area contributed by atoms with Crippen molar-refractivity contribution in [3.63, 3.8) is 0 Å². The second-order valence-electron chi connectivity index (χ2n) is 6.80. The molecule has 0 bridgehead atoms. The smallest absolute Gasteiger partial charge is 0.266 e. The molecule has 4 rings (SSSR count). The van der Waals surface area contributed by atoms with E-state index in [4.69, 9.17) is 4.74 Å². The van der Waals surface area contributed by atoms with E-state index in [0.717, 1.165) is 16.9 Å². The van der Waals surface area contributed by atoms with E-state index in [1.165, 1.54) is 12.1 Å². The molecule has 2 N–H and O–H groups in total. The van der Waals surface area contributed by atoms with Gasteiger partial charge in [0.2, 0.25) is 5.96 Å². The van der Waals surface area contributed by atoms with Gasteiger partial charge in [-0.15, -0.1) is 0 Å². The summed E-state index contributed by atoms with van der Waals surface area (Å²) < 4.78 is 46.9. The van der Waals surface area contributed by atoms with Gasteiger partial charge >= 0.3 is 0 Å². The molecule has 30 heavy (non-hydrogen) atoms. The van der Waals surface area contributed by atoms with Crippen molar-refractivity contribution in [3.8, 4) is 5.75 Å². The van der Waals surface area contributed by atoms with Crippen LogP contribution in [0.5, 0.6) is 5.75 Å². The Kier molecular flexibility index (Phi) is 5.41. The first kappa shape index (κ1) is 19.9. The van der Waals surface area contributed by atoms with Crippen molar-refractivity contribution in [1.82, 2.24) is 4.72 Å². The highest BCUT2D eigenvalue weighted by Crippen LogP contribution is 2.30. The van der Waals surface area contributed by atoms with Crippen molar-refractivity contribution < 1.29 is 17.5 Å². The third-order valence-corrected chi connectivity index (χ3v) is 6.18. The second-order valence-corrected chi connectivity index (χ2v) is 8.45. The van der Waals surface area contributed by atoms with E-state index in [1.54, 1.807) is 31.4 Å². The van der Waals surface area contributed by atoms with E-state index in [-0.39, 0.29) is 23.2 Å². The zero-order chi connectivity index (χ0) is 21.1. The van der Waals surface area contributed by atoms with Crippen molar-refractivity contribution in [2.45, 2.75) is 17.9 Å². The van der Waals surface area contributed by atoms with Gasteiger partial charge < -0.3 is 10.1 Å². The molecule has 1 aliphatic rings. The van der Waals surface area contributed by atoms with Crippen molar-refractivity contribution >= 4 is 21.7 Å². The van der Waals surface area contributed by atoms with Crippen LogP contribution in [0.15, 0.2) is 76.6 Å². The lowest BCUT2D eigenvalue weighted by atomic mass is 10.0. The average Bonchev–Trinajstić information content (AvgIpc) is 2.74. The largest absolute Gasteiger partial charge is 0.497 e. The Bertz CT molecular complexity index is 1210. The van der Waals surface area contributed by atoms with E-state index in [0.29, 0.717) is 17.7 Å². The predicted molar refractivity (Wildman–Crippen MR) is 114 cm³/mol. The molecular weight excluding hydrogens is 405 g/mol. The molecule has 0 radical (unpaired) electrons. The zero-order valence-corrected chi connectivity index (χ0v) is 17.0. The standard InChI is InChI=1S/C22H20FN3O3S/c1-29-18-11-9-15(10-12-18)13-16-6-4-8-20-21(16)25-22(26-30(20,27)28)24-14-17-5-2-3-7-19(17)23/h2-12H,13-14H2,1H3,(H2,24,25,26). The molecule has 3 aromatic carbocycles. The molecule has 3 aromatic rings. The van der Waals surface area contributed by atoms with Crippen LogP contribution < -0.4 is 14.8 Å². The highest BCUT2D eigenvalue weighted by atomic mass is 32.2. The third kappa shape index (κ3) is 4.13. The average molecular weight is 425 g/mol. The Balaban J connectivity index is 1.65. The van der Waals surface area contributed by atoms with E-state index in [9.17, 15) is 12.8 Å².